The molecule has 11 rings (SSSR count). The fourth-order valence-corrected chi connectivity index (χ4v) is 9.54. The summed E-state index contributed by atoms with van der Waals surface area (Å²) in [6.45, 7) is 13.5. The Balaban J connectivity index is 1.22. The van der Waals surface area contributed by atoms with Gasteiger partial charge in [0.2, 0.25) is 0 Å². The summed E-state index contributed by atoms with van der Waals surface area (Å²) >= 11 is 0. The highest BCUT2D eigenvalue weighted by Gasteiger charge is 2.25. The van der Waals surface area contributed by atoms with E-state index in [4.69, 9.17) is 15.0 Å². The Bertz CT molecular complexity index is 3880. The molecule has 3 aromatic heterocycles. The van der Waals surface area contributed by atoms with Crippen LogP contribution in [0.1, 0.15) is 63.8 Å². The molecule has 68 heavy (non-hydrogen) atoms. The Hall–Kier alpha value is -8.65. The molecule has 0 aliphatic carbocycles. The molecule has 11 aromatic rings. The minimum absolute atomic E-state index is 0.0447. The van der Waals surface area contributed by atoms with Gasteiger partial charge in [0.1, 0.15) is 0 Å². The lowest BCUT2D eigenvalue weighted by Gasteiger charge is -2.20. The molecular formula is C61H47N7. The van der Waals surface area contributed by atoms with Crippen molar-refractivity contribution in [3.63, 3.8) is 0 Å². The molecule has 0 saturated carbocycles. The van der Waals surface area contributed by atoms with E-state index in [0.29, 0.717) is 34.2 Å². The summed E-state index contributed by atoms with van der Waals surface area (Å²) in [6, 6.07) is 65.2. The van der Waals surface area contributed by atoms with E-state index in [2.05, 4.69) is 166 Å². The van der Waals surface area contributed by atoms with Crippen LogP contribution in [0, 0.1) is 22.7 Å². The van der Waals surface area contributed by atoms with Crippen molar-refractivity contribution >= 4 is 43.6 Å². The number of hydrogen-bond acceptors (Lipinski definition) is 5. The zero-order valence-corrected chi connectivity index (χ0v) is 38.9. The zero-order valence-electron chi connectivity index (χ0n) is 38.9. The molecule has 7 nitrogen and oxygen atoms in total. The number of hydrogen-bond donors (Lipinski definition) is 0. The molecule has 0 unspecified atom stereocenters. The van der Waals surface area contributed by atoms with Gasteiger partial charge < -0.3 is 9.13 Å². The summed E-state index contributed by atoms with van der Waals surface area (Å²) in [4.78, 5) is 16.1. The highest BCUT2D eigenvalue weighted by molar-refractivity contribution is 6.11. The molecule has 326 valence electrons. The van der Waals surface area contributed by atoms with Gasteiger partial charge in [-0.1, -0.05) is 139 Å². The van der Waals surface area contributed by atoms with Crippen molar-refractivity contribution in [3.8, 4) is 68.8 Å². The molecule has 0 amide bonds. The lowest BCUT2D eigenvalue weighted by atomic mass is 9.86. The molecule has 0 N–H and O–H groups in total. The van der Waals surface area contributed by atoms with Crippen LogP contribution in [0.25, 0.3) is 100 Å². The Morgan fingerprint density at radius 2 is 0.809 bits per heavy atom. The SMILES string of the molecule is CC(C)(C)c1ccc2c(c1)c1ccccc1n2-c1ccc(C#N)cc1-c1nc(-c2ccccc2)nc(-c2cc(-c3ccc(C#N)cc3)ccc2-n2c3ccccc3c3cc(C(C)(C)C)ccc32)n1. The standard InChI is InChI=1S/C61H47N7/c1-60(2,3)43-26-30-53-47(34-43)45-16-10-12-18-51(45)67(53)55-28-22-39(37-63)32-49(55)58-64-57(41-14-8-7-9-15-41)65-59(66-58)50-33-42(40-23-20-38(36-62)21-24-40)25-29-56(50)68-52-19-13-11-17-46(52)48-35-44(61(4,5)6)27-31-54(48)68/h7-35H,1-6H3. The number of aromatic nitrogens is 5. The Kier molecular flexibility index (Phi) is 9.92. The summed E-state index contributed by atoms with van der Waals surface area (Å²) in [5, 5.41) is 24.7. The number of benzene rings is 8. The molecule has 8 aromatic carbocycles. The lowest BCUT2D eigenvalue weighted by Crippen LogP contribution is -2.10. The van der Waals surface area contributed by atoms with Gasteiger partial charge in [-0.05, 0) is 112 Å². The maximum atomic E-state index is 10.5. The minimum Gasteiger partial charge on any atom is -0.309 e. The van der Waals surface area contributed by atoms with E-state index in [1.165, 1.54) is 11.1 Å². The third-order valence-electron chi connectivity index (χ3n) is 13.2. The molecule has 7 heteroatoms. The molecule has 0 saturated heterocycles. The third-order valence-corrected chi connectivity index (χ3v) is 13.2. The molecule has 0 spiro atoms. The van der Waals surface area contributed by atoms with Crippen molar-refractivity contribution in [1.29, 1.82) is 10.5 Å². The van der Waals surface area contributed by atoms with Gasteiger partial charge in [0, 0.05) is 38.2 Å². The van der Waals surface area contributed by atoms with Gasteiger partial charge in [0.25, 0.3) is 0 Å². The first-order valence-electron chi connectivity index (χ1n) is 23.0. The quantitative estimate of drug-likeness (QED) is 0.166. The highest BCUT2D eigenvalue weighted by Crippen LogP contribution is 2.42. The number of fused-ring (bicyclic) bond motifs is 6. The summed E-state index contributed by atoms with van der Waals surface area (Å²) in [5.41, 5.74) is 13.7. The van der Waals surface area contributed by atoms with E-state index in [1.807, 2.05) is 72.8 Å². The second-order valence-corrected chi connectivity index (χ2v) is 19.6. The number of nitriles is 2. The van der Waals surface area contributed by atoms with Crippen molar-refractivity contribution in [2.45, 2.75) is 52.4 Å². The van der Waals surface area contributed by atoms with E-state index in [9.17, 15) is 10.5 Å². The van der Waals surface area contributed by atoms with Gasteiger partial charge in [0.15, 0.2) is 17.5 Å². The predicted molar refractivity (Wildman–Crippen MR) is 277 cm³/mol. The molecule has 0 aliphatic rings. The van der Waals surface area contributed by atoms with E-state index in [-0.39, 0.29) is 10.8 Å². The topological polar surface area (TPSA) is 96.1 Å². The van der Waals surface area contributed by atoms with Crippen LogP contribution in [0.15, 0.2) is 176 Å². The van der Waals surface area contributed by atoms with Crippen molar-refractivity contribution in [2.24, 2.45) is 0 Å². The van der Waals surface area contributed by atoms with Gasteiger partial charge >= 0.3 is 0 Å². The van der Waals surface area contributed by atoms with Gasteiger partial charge in [-0.2, -0.15) is 10.5 Å². The summed E-state index contributed by atoms with van der Waals surface area (Å²) < 4.78 is 4.60. The largest absolute Gasteiger partial charge is 0.309 e. The average Bonchev–Trinajstić information content (AvgIpc) is 3.88. The fourth-order valence-electron chi connectivity index (χ4n) is 9.54. The molecule has 0 atom stereocenters. The number of nitrogens with zero attached hydrogens (tertiary/aromatic N) is 7. The van der Waals surface area contributed by atoms with Crippen LogP contribution in [0.4, 0.5) is 0 Å². The molecule has 3 heterocycles. The van der Waals surface area contributed by atoms with Crippen LogP contribution < -0.4 is 0 Å². The van der Waals surface area contributed by atoms with Gasteiger partial charge in [0.05, 0.1) is 56.7 Å². The van der Waals surface area contributed by atoms with Crippen LogP contribution in [-0.2, 0) is 10.8 Å². The van der Waals surface area contributed by atoms with E-state index < -0.39 is 0 Å². The molecule has 0 fully saturated rings. The van der Waals surface area contributed by atoms with E-state index in [1.54, 1.807) is 0 Å². The average molecular weight is 878 g/mol. The number of para-hydroxylation sites is 2. The summed E-state index contributed by atoms with van der Waals surface area (Å²) in [6.07, 6.45) is 0. The first kappa shape index (κ1) is 42.0. The molecule has 0 bridgehead atoms. The maximum absolute atomic E-state index is 10.5. The van der Waals surface area contributed by atoms with Crippen LogP contribution in [0.5, 0.6) is 0 Å². The van der Waals surface area contributed by atoms with Crippen molar-refractivity contribution < 1.29 is 0 Å². The summed E-state index contributed by atoms with van der Waals surface area (Å²) in [7, 11) is 0. The molecular weight excluding hydrogens is 831 g/mol. The van der Waals surface area contributed by atoms with Gasteiger partial charge in [-0.15, -0.1) is 0 Å². The maximum Gasteiger partial charge on any atom is 0.166 e. The van der Waals surface area contributed by atoms with Crippen LogP contribution in [0.2, 0.25) is 0 Å². The Morgan fingerprint density at radius 1 is 0.368 bits per heavy atom. The van der Waals surface area contributed by atoms with Crippen molar-refractivity contribution in [2.75, 3.05) is 0 Å². The van der Waals surface area contributed by atoms with Crippen LogP contribution >= 0.6 is 0 Å². The normalized spacial score (nSPS) is 11.9. The lowest BCUT2D eigenvalue weighted by molar-refractivity contribution is 0.591. The smallest absolute Gasteiger partial charge is 0.166 e. The summed E-state index contributed by atoms with van der Waals surface area (Å²) in [5.74, 6) is 1.41. The van der Waals surface area contributed by atoms with Crippen molar-refractivity contribution in [3.05, 3.63) is 198 Å². The first-order valence-corrected chi connectivity index (χ1v) is 23.0. The van der Waals surface area contributed by atoms with E-state index in [0.717, 1.165) is 77.2 Å². The Morgan fingerprint density at radius 3 is 1.34 bits per heavy atom. The third kappa shape index (κ3) is 7.17. The fraction of sp³-hybridized carbons (Fsp3) is 0.131. The second-order valence-electron chi connectivity index (χ2n) is 19.6. The van der Waals surface area contributed by atoms with Crippen LogP contribution in [0.3, 0.4) is 0 Å². The Labute approximate surface area is 395 Å². The van der Waals surface area contributed by atoms with Crippen molar-refractivity contribution in [1.82, 2.24) is 24.1 Å². The minimum atomic E-state index is -0.0449. The molecule has 0 aliphatic heterocycles. The first-order chi connectivity index (χ1) is 32.9. The van der Waals surface area contributed by atoms with Gasteiger partial charge in [-0.3, -0.25) is 0 Å². The monoisotopic (exact) mass is 877 g/mol. The van der Waals surface area contributed by atoms with E-state index >= 15 is 0 Å². The molecule has 0 radical (unpaired) electrons. The predicted octanol–water partition coefficient (Wildman–Crippen LogP) is 15.1. The number of rotatable bonds is 6. The highest BCUT2D eigenvalue weighted by atomic mass is 15.1. The van der Waals surface area contributed by atoms with Crippen LogP contribution in [-0.4, -0.2) is 24.1 Å². The zero-order chi connectivity index (χ0) is 46.9. The van der Waals surface area contributed by atoms with Gasteiger partial charge in [-0.25, -0.2) is 15.0 Å². The second kappa shape index (κ2) is 16.0.